The second kappa shape index (κ2) is 8.00. The van der Waals surface area contributed by atoms with Gasteiger partial charge in [0.25, 0.3) is 10.8 Å². The maximum atomic E-state index is 12.3. The summed E-state index contributed by atoms with van der Waals surface area (Å²) < 4.78 is 35.9. The number of rotatable bonds is 6. The van der Waals surface area contributed by atoms with Crippen LogP contribution in [0.3, 0.4) is 0 Å². The molecule has 148 valence electrons. The Morgan fingerprint density at radius 3 is 2.72 bits per heavy atom. The van der Waals surface area contributed by atoms with Gasteiger partial charge in [-0.1, -0.05) is 17.8 Å². The van der Waals surface area contributed by atoms with E-state index < -0.39 is 6.61 Å². The number of ether oxygens (including phenoxy) is 1. The number of hydrogen-bond acceptors (Lipinski definition) is 7. The van der Waals surface area contributed by atoms with Gasteiger partial charge in [-0.3, -0.25) is 9.20 Å². The summed E-state index contributed by atoms with van der Waals surface area (Å²) in [6.45, 7) is -1.04. The van der Waals surface area contributed by atoms with Crippen molar-refractivity contribution in [2.75, 3.05) is 0 Å². The number of benzene rings is 1. The molecule has 7 nitrogen and oxygen atoms in total. The van der Waals surface area contributed by atoms with Gasteiger partial charge in [-0.15, -0.1) is 10.2 Å². The average molecular weight is 416 g/mol. The van der Waals surface area contributed by atoms with Crippen LogP contribution < -0.4 is 10.3 Å². The van der Waals surface area contributed by atoms with Crippen LogP contribution in [-0.2, 0) is 5.75 Å². The fourth-order valence-corrected chi connectivity index (χ4v) is 3.39. The number of nitrogens with zero attached hydrogens (tertiary/aromatic N) is 4. The summed E-state index contributed by atoms with van der Waals surface area (Å²) in [6.07, 6.45) is 0. The number of halogens is 2. The van der Waals surface area contributed by atoms with Crippen molar-refractivity contribution in [3.8, 4) is 17.2 Å². The highest BCUT2D eigenvalue weighted by Gasteiger charge is 2.12. The first kappa shape index (κ1) is 19.1. The Morgan fingerprint density at radius 2 is 1.97 bits per heavy atom. The molecule has 3 aromatic heterocycles. The number of aromatic nitrogens is 4. The van der Waals surface area contributed by atoms with Gasteiger partial charge in [-0.2, -0.15) is 8.78 Å². The standard InChI is InChI=1S/C19H14F2N4O3S/c1-11-3-2-4-15-22-13(9-16(26)25(11)15)10-29-19-24-23-17(28-19)12-5-7-14(8-6-12)27-18(20)21/h2-9,18H,10H2,1H3. The van der Waals surface area contributed by atoms with Crippen molar-refractivity contribution in [1.29, 1.82) is 0 Å². The van der Waals surface area contributed by atoms with Crippen molar-refractivity contribution in [1.82, 2.24) is 19.6 Å². The fraction of sp³-hybridized carbons (Fsp3) is 0.158. The van der Waals surface area contributed by atoms with Gasteiger partial charge in [-0.25, -0.2) is 4.98 Å². The molecule has 0 aliphatic carbocycles. The lowest BCUT2D eigenvalue weighted by Gasteiger charge is -2.05. The average Bonchev–Trinajstić information content (AvgIpc) is 3.15. The molecule has 0 bridgehead atoms. The second-order valence-corrected chi connectivity index (χ2v) is 6.94. The summed E-state index contributed by atoms with van der Waals surface area (Å²) in [5.41, 5.74) is 2.40. The quantitative estimate of drug-likeness (QED) is 0.440. The largest absolute Gasteiger partial charge is 0.435 e. The van der Waals surface area contributed by atoms with Crippen molar-refractivity contribution < 1.29 is 17.9 Å². The van der Waals surface area contributed by atoms with Gasteiger partial charge in [0.2, 0.25) is 5.89 Å². The lowest BCUT2D eigenvalue weighted by Crippen LogP contribution is -2.17. The first-order chi connectivity index (χ1) is 14.0. The monoisotopic (exact) mass is 416 g/mol. The molecule has 0 amide bonds. The molecule has 0 unspecified atom stereocenters. The Bertz CT molecular complexity index is 1210. The number of thioether (sulfide) groups is 1. The van der Waals surface area contributed by atoms with Gasteiger partial charge in [0.15, 0.2) is 0 Å². The van der Waals surface area contributed by atoms with Crippen LogP contribution in [0.1, 0.15) is 11.4 Å². The molecule has 0 aliphatic heterocycles. The van der Waals surface area contributed by atoms with E-state index in [-0.39, 0.29) is 17.2 Å². The van der Waals surface area contributed by atoms with Crippen molar-refractivity contribution in [2.45, 2.75) is 24.5 Å². The third-order valence-corrected chi connectivity index (χ3v) is 4.86. The van der Waals surface area contributed by atoms with Crippen LogP contribution >= 0.6 is 11.8 Å². The van der Waals surface area contributed by atoms with Gasteiger partial charge in [0.1, 0.15) is 11.4 Å². The predicted molar refractivity (Wildman–Crippen MR) is 102 cm³/mol. The van der Waals surface area contributed by atoms with E-state index in [1.54, 1.807) is 22.6 Å². The Labute approximate surface area is 167 Å². The highest BCUT2D eigenvalue weighted by Crippen LogP contribution is 2.26. The number of hydrogen-bond donors (Lipinski definition) is 0. The zero-order valence-corrected chi connectivity index (χ0v) is 15.9. The Balaban J connectivity index is 1.47. The molecule has 0 fully saturated rings. The van der Waals surface area contributed by atoms with Gasteiger partial charge < -0.3 is 9.15 Å². The summed E-state index contributed by atoms with van der Waals surface area (Å²) in [5.74, 6) is 0.669. The summed E-state index contributed by atoms with van der Waals surface area (Å²) in [4.78, 5) is 16.8. The molecule has 4 aromatic rings. The SMILES string of the molecule is Cc1cccc2nc(CSc3nnc(-c4ccc(OC(F)F)cc4)o3)cc(=O)n12. The fourth-order valence-electron chi connectivity index (χ4n) is 2.74. The van der Waals surface area contributed by atoms with E-state index >= 15 is 0 Å². The number of aryl methyl sites for hydroxylation is 1. The molecule has 10 heteroatoms. The zero-order chi connectivity index (χ0) is 20.4. The Kier molecular flexibility index (Phi) is 5.26. The highest BCUT2D eigenvalue weighted by atomic mass is 32.2. The predicted octanol–water partition coefficient (Wildman–Crippen LogP) is 3.95. The number of pyridine rings is 1. The smallest absolute Gasteiger partial charge is 0.387 e. The Morgan fingerprint density at radius 1 is 1.17 bits per heavy atom. The maximum absolute atomic E-state index is 12.3. The number of fused-ring (bicyclic) bond motifs is 1. The van der Waals surface area contributed by atoms with Gasteiger partial charge in [0, 0.05) is 23.1 Å². The van der Waals surface area contributed by atoms with E-state index in [4.69, 9.17) is 4.42 Å². The van der Waals surface area contributed by atoms with E-state index in [9.17, 15) is 13.6 Å². The van der Waals surface area contributed by atoms with Crippen LogP contribution in [0.5, 0.6) is 5.75 Å². The molecular formula is C19H14F2N4O3S. The van der Waals surface area contributed by atoms with Crippen molar-refractivity contribution in [3.05, 3.63) is 70.3 Å². The molecule has 0 spiro atoms. The minimum atomic E-state index is -2.88. The molecule has 29 heavy (non-hydrogen) atoms. The van der Waals surface area contributed by atoms with Crippen molar-refractivity contribution >= 4 is 17.4 Å². The first-order valence-electron chi connectivity index (χ1n) is 8.49. The number of alkyl halides is 2. The minimum Gasteiger partial charge on any atom is -0.435 e. The summed E-state index contributed by atoms with van der Waals surface area (Å²) in [6, 6.07) is 12.8. The van der Waals surface area contributed by atoms with Crippen LogP contribution in [-0.4, -0.2) is 26.2 Å². The molecule has 3 heterocycles. The molecule has 0 radical (unpaired) electrons. The third-order valence-electron chi connectivity index (χ3n) is 4.01. The Hall–Kier alpha value is -3.27. The summed E-state index contributed by atoms with van der Waals surface area (Å²) in [7, 11) is 0. The van der Waals surface area contributed by atoms with Crippen LogP contribution in [0.15, 0.2) is 63.0 Å². The minimum absolute atomic E-state index is 0.0433. The first-order valence-corrected chi connectivity index (χ1v) is 9.48. The molecule has 0 N–H and O–H groups in total. The highest BCUT2D eigenvalue weighted by molar-refractivity contribution is 7.98. The molecule has 1 aromatic carbocycles. The molecule has 0 aliphatic rings. The maximum Gasteiger partial charge on any atom is 0.387 e. The van der Waals surface area contributed by atoms with Crippen LogP contribution in [0.25, 0.3) is 17.1 Å². The summed E-state index contributed by atoms with van der Waals surface area (Å²) in [5, 5.41) is 8.22. The van der Waals surface area contributed by atoms with Gasteiger partial charge in [0.05, 0.1) is 5.69 Å². The molecular weight excluding hydrogens is 402 g/mol. The second-order valence-electron chi connectivity index (χ2n) is 6.01. The normalized spacial score (nSPS) is 11.3. The lowest BCUT2D eigenvalue weighted by atomic mass is 10.2. The van der Waals surface area contributed by atoms with Crippen molar-refractivity contribution in [2.24, 2.45) is 0 Å². The van der Waals surface area contributed by atoms with E-state index in [0.29, 0.717) is 27.9 Å². The molecule has 4 rings (SSSR count). The van der Waals surface area contributed by atoms with Crippen molar-refractivity contribution in [3.63, 3.8) is 0 Å². The molecule has 0 saturated carbocycles. The van der Waals surface area contributed by atoms with Crippen LogP contribution in [0.2, 0.25) is 0 Å². The third kappa shape index (κ3) is 4.27. The van der Waals surface area contributed by atoms with E-state index in [1.165, 1.54) is 30.0 Å². The van der Waals surface area contributed by atoms with Crippen LogP contribution in [0.4, 0.5) is 8.78 Å². The van der Waals surface area contributed by atoms with E-state index in [2.05, 4.69) is 19.9 Å². The van der Waals surface area contributed by atoms with Gasteiger partial charge >= 0.3 is 6.61 Å². The van der Waals surface area contributed by atoms with E-state index in [0.717, 1.165) is 5.69 Å². The molecule has 0 atom stereocenters. The topological polar surface area (TPSA) is 82.5 Å². The van der Waals surface area contributed by atoms with Gasteiger partial charge in [-0.05, 0) is 43.3 Å². The lowest BCUT2D eigenvalue weighted by molar-refractivity contribution is -0.0498. The zero-order valence-electron chi connectivity index (χ0n) is 15.1. The summed E-state index contributed by atoms with van der Waals surface area (Å²) >= 11 is 1.25. The molecule has 0 saturated heterocycles. The van der Waals surface area contributed by atoms with Crippen LogP contribution in [0, 0.1) is 6.92 Å². The van der Waals surface area contributed by atoms with E-state index in [1.807, 2.05) is 19.1 Å².